The quantitative estimate of drug-likeness (QED) is 0.602. The highest BCUT2D eigenvalue weighted by atomic mass is 19.1. The molecule has 2 aliphatic rings. The van der Waals surface area contributed by atoms with E-state index in [4.69, 9.17) is 4.42 Å². The molecule has 0 spiro atoms. The molecule has 3 rings (SSSR count). The summed E-state index contributed by atoms with van der Waals surface area (Å²) in [5.74, 6) is -1.21. The van der Waals surface area contributed by atoms with E-state index in [1.807, 2.05) is 0 Å². The second-order valence-corrected chi connectivity index (χ2v) is 3.59. The molecule has 0 saturated heterocycles. The molecule has 0 radical (unpaired) electrons. The van der Waals surface area contributed by atoms with E-state index in [9.17, 15) is 14.3 Å². The van der Waals surface area contributed by atoms with Gasteiger partial charge in [-0.25, -0.2) is 4.98 Å². The van der Waals surface area contributed by atoms with Gasteiger partial charge in [-0.2, -0.15) is 4.39 Å². The summed E-state index contributed by atoms with van der Waals surface area (Å²) < 4.78 is 18.8. The van der Waals surface area contributed by atoms with Crippen molar-refractivity contribution in [2.75, 3.05) is 0 Å². The topological polar surface area (TPSA) is 63.3 Å². The second kappa shape index (κ2) is 3.28. The second-order valence-electron chi connectivity index (χ2n) is 3.59. The molecule has 1 aromatic rings. The number of benzene rings is 2. The van der Waals surface area contributed by atoms with Crippen molar-refractivity contribution >= 4 is 11.1 Å². The summed E-state index contributed by atoms with van der Waals surface area (Å²) in [6, 6.07) is 6.74. The smallest absolute Gasteiger partial charge is 0.209 e. The van der Waals surface area contributed by atoms with Gasteiger partial charge in [0.25, 0.3) is 0 Å². The van der Waals surface area contributed by atoms with Gasteiger partial charge in [-0.15, -0.1) is 0 Å². The van der Waals surface area contributed by atoms with Crippen molar-refractivity contribution < 1.29 is 13.9 Å². The number of hydrogen-bond donors (Lipinski definition) is 1. The molecule has 0 atom stereocenters. The zero-order valence-electron chi connectivity index (χ0n) is 8.48. The van der Waals surface area contributed by atoms with Crippen molar-refractivity contribution in [3.8, 4) is 17.2 Å². The predicted octanol–water partition coefficient (Wildman–Crippen LogP) is 2.14. The number of phenols is 1. The van der Waals surface area contributed by atoms with E-state index in [-0.39, 0.29) is 22.3 Å². The van der Waals surface area contributed by atoms with Gasteiger partial charge in [-0.05, 0) is 24.3 Å². The van der Waals surface area contributed by atoms with Crippen molar-refractivity contribution in [3.63, 3.8) is 0 Å². The molecular formula is C12H6FNO3. The van der Waals surface area contributed by atoms with Crippen molar-refractivity contribution in [3.05, 3.63) is 46.4 Å². The molecule has 4 nitrogen and oxygen atoms in total. The van der Waals surface area contributed by atoms with Gasteiger partial charge in [0, 0.05) is 6.07 Å². The number of fused-ring (bicyclic) bond motifs is 2. The van der Waals surface area contributed by atoms with Gasteiger partial charge in [0.2, 0.25) is 5.82 Å². The average molecular weight is 231 g/mol. The highest BCUT2D eigenvalue weighted by Crippen LogP contribution is 2.29. The molecule has 84 valence electrons. The molecular weight excluding hydrogens is 225 g/mol. The highest BCUT2D eigenvalue weighted by Gasteiger charge is 2.14. The van der Waals surface area contributed by atoms with Crippen LogP contribution in [0.3, 0.4) is 0 Å². The molecule has 17 heavy (non-hydrogen) atoms. The van der Waals surface area contributed by atoms with Crippen molar-refractivity contribution in [2.45, 2.75) is 0 Å². The highest BCUT2D eigenvalue weighted by molar-refractivity contribution is 5.78. The van der Waals surface area contributed by atoms with Crippen molar-refractivity contribution in [1.29, 1.82) is 0 Å². The maximum absolute atomic E-state index is 13.6. The van der Waals surface area contributed by atoms with Crippen molar-refractivity contribution in [2.24, 2.45) is 0 Å². The Morgan fingerprint density at radius 2 is 2.06 bits per heavy atom. The Morgan fingerprint density at radius 3 is 2.88 bits per heavy atom. The first-order valence-corrected chi connectivity index (χ1v) is 4.87. The third kappa shape index (κ3) is 1.44. The van der Waals surface area contributed by atoms with Gasteiger partial charge in [0.05, 0.1) is 0 Å². The fourth-order valence-corrected chi connectivity index (χ4v) is 1.63. The summed E-state index contributed by atoms with van der Waals surface area (Å²) in [5.41, 5.74) is 0.333. The largest absolute Gasteiger partial charge is 0.505 e. The zero-order valence-corrected chi connectivity index (χ0v) is 8.48. The van der Waals surface area contributed by atoms with Crippen LogP contribution in [0, 0.1) is 5.82 Å². The van der Waals surface area contributed by atoms with Gasteiger partial charge in [-0.1, -0.05) is 0 Å². The zero-order chi connectivity index (χ0) is 12.0. The summed E-state index contributed by atoms with van der Waals surface area (Å²) in [6.07, 6.45) is 0. The third-order valence-electron chi connectivity index (χ3n) is 2.44. The van der Waals surface area contributed by atoms with Crippen LogP contribution in [-0.2, 0) is 0 Å². The lowest BCUT2D eigenvalue weighted by Crippen LogP contribution is -1.99. The van der Waals surface area contributed by atoms with Crippen LogP contribution >= 0.6 is 0 Å². The van der Waals surface area contributed by atoms with Crippen LogP contribution in [0.15, 0.2) is 39.5 Å². The molecule has 1 heterocycles. The number of aromatic hydroxyl groups is 1. The van der Waals surface area contributed by atoms with E-state index >= 15 is 0 Å². The van der Waals surface area contributed by atoms with Gasteiger partial charge in [-0.3, -0.25) is 4.79 Å². The Labute approximate surface area is 94.3 Å². The van der Waals surface area contributed by atoms with Crippen LogP contribution < -0.4 is 5.43 Å². The number of rotatable bonds is 0. The number of aromatic nitrogens is 1. The molecule has 1 N–H and O–H groups in total. The van der Waals surface area contributed by atoms with Crippen LogP contribution in [0.1, 0.15) is 0 Å². The number of hydrogen-bond acceptors (Lipinski definition) is 4. The Morgan fingerprint density at radius 1 is 1.24 bits per heavy atom. The molecule has 0 unspecified atom stereocenters. The Bertz CT molecular complexity index is 751. The summed E-state index contributed by atoms with van der Waals surface area (Å²) in [7, 11) is 0. The fourth-order valence-electron chi connectivity index (χ4n) is 1.63. The van der Waals surface area contributed by atoms with Crippen LogP contribution in [0.4, 0.5) is 4.39 Å². The number of halogens is 1. The van der Waals surface area contributed by atoms with Gasteiger partial charge < -0.3 is 9.52 Å². The SMILES string of the molecule is O=c1ccc2nc3ccc(O)c(F)c3oc-2c1. The maximum Gasteiger partial charge on any atom is 0.209 e. The first-order chi connectivity index (χ1) is 8.15. The standard InChI is InChI=1S/C12H6FNO3/c13-11-9(16)4-3-8-12(11)17-10-5-6(15)1-2-7(10)14-8/h1-5,16H. The average Bonchev–Trinajstić information content (AvgIpc) is 2.32. The normalized spacial score (nSPS) is 11.1. The van der Waals surface area contributed by atoms with Crippen molar-refractivity contribution in [1.82, 2.24) is 4.98 Å². The molecule has 1 aliphatic heterocycles. The first kappa shape index (κ1) is 9.77. The summed E-state index contributed by atoms with van der Waals surface area (Å²) >= 11 is 0. The number of nitrogens with zero attached hydrogens (tertiary/aromatic N) is 1. The fraction of sp³-hybridized carbons (Fsp3) is 0. The Kier molecular flexibility index (Phi) is 1.89. The number of phenolic OH excluding ortho intramolecular Hbond substituents is 1. The predicted molar refractivity (Wildman–Crippen MR) is 58.5 cm³/mol. The Hall–Kier alpha value is -2.43. The van der Waals surface area contributed by atoms with Gasteiger partial charge >= 0.3 is 0 Å². The molecule has 1 aliphatic carbocycles. The lowest BCUT2D eigenvalue weighted by atomic mass is 10.2. The minimum absolute atomic E-state index is 0.164. The first-order valence-electron chi connectivity index (χ1n) is 4.87. The van der Waals surface area contributed by atoms with Gasteiger partial charge in [0.1, 0.15) is 11.2 Å². The molecule has 5 heteroatoms. The van der Waals surface area contributed by atoms with Gasteiger partial charge in [0.15, 0.2) is 22.5 Å². The third-order valence-corrected chi connectivity index (χ3v) is 2.44. The molecule has 0 fully saturated rings. The van der Waals surface area contributed by atoms with E-state index in [0.717, 1.165) is 0 Å². The summed E-state index contributed by atoms with van der Waals surface area (Å²) in [4.78, 5) is 15.3. The summed E-state index contributed by atoms with van der Waals surface area (Å²) in [5, 5.41) is 9.22. The molecule has 0 amide bonds. The molecule has 0 saturated carbocycles. The summed E-state index contributed by atoms with van der Waals surface area (Å²) in [6.45, 7) is 0. The van der Waals surface area contributed by atoms with Crippen LogP contribution in [-0.4, -0.2) is 10.1 Å². The van der Waals surface area contributed by atoms with E-state index in [1.165, 1.54) is 30.3 Å². The van der Waals surface area contributed by atoms with Crippen LogP contribution in [0.5, 0.6) is 5.75 Å². The van der Waals surface area contributed by atoms with E-state index in [0.29, 0.717) is 5.69 Å². The molecule has 0 bridgehead atoms. The van der Waals surface area contributed by atoms with E-state index in [2.05, 4.69) is 4.98 Å². The minimum atomic E-state index is -0.881. The van der Waals surface area contributed by atoms with E-state index < -0.39 is 11.6 Å². The van der Waals surface area contributed by atoms with Crippen LogP contribution in [0.25, 0.3) is 22.6 Å². The molecule has 1 aromatic carbocycles. The molecule has 0 aromatic heterocycles. The lowest BCUT2D eigenvalue weighted by Gasteiger charge is -2.06. The van der Waals surface area contributed by atoms with E-state index in [1.54, 1.807) is 0 Å². The minimum Gasteiger partial charge on any atom is -0.505 e. The Balaban J connectivity index is 2.50. The lowest BCUT2D eigenvalue weighted by molar-refractivity contribution is 0.428. The monoisotopic (exact) mass is 231 g/mol. The maximum atomic E-state index is 13.6. The van der Waals surface area contributed by atoms with Crippen LogP contribution in [0.2, 0.25) is 0 Å².